The molecule has 208 valence electrons. The molecule has 0 saturated carbocycles. The van der Waals surface area contributed by atoms with E-state index in [9.17, 15) is 4.79 Å². The van der Waals surface area contributed by atoms with E-state index in [4.69, 9.17) is 4.98 Å². The lowest BCUT2D eigenvalue weighted by atomic mass is 9.97. The standard InChI is InChI=1S/C30H42N8O/c1-6-36-13-14-37(19-25(36)17-32-24-7-9-27(33-16-24)38-12-11-31-20-38)28-10-8-26(29(34-28)21(2)3)23-15-22(4)30(39)35(5)18-23/h7-10,15-16,18,21,25,31-32H,6,11-14,17,19-20H2,1-5H3. The van der Waals surface area contributed by atoms with Gasteiger partial charge in [-0.1, -0.05) is 20.8 Å². The summed E-state index contributed by atoms with van der Waals surface area (Å²) in [7, 11) is 1.81. The zero-order chi connectivity index (χ0) is 27.5. The molecule has 0 radical (unpaired) electrons. The van der Waals surface area contributed by atoms with Crippen molar-refractivity contribution in [1.82, 2.24) is 24.8 Å². The Hall–Kier alpha value is -3.43. The molecule has 0 bridgehead atoms. The Kier molecular flexibility index (Phi) is 8.18. The predicted octanol–water partition coefficient (Wildman–Crippen LogP) is 3.26. The smallest absolute Gasteiger partial charge is 0.253 e. The van der Waals surface area contributed by atoms with E-state index in [2.05, 4.69) is 75.4 Å². The third kappa shape index (κ3) is 5.94. The molecule has 0 aliphatic carbocycles. The summed E-state index contributed by atoms with van der Waals surface area (Å²) in [5, 5.41) is 6.98. The van der Waals surface area contributed by atoms with Gasteiger partial charge in [-0.3, -0.25) is 15.0 Å². The molecule has 0 aromatic carbocycles. The van der Waals surface area contributed by atoms with Gasteiger partial charge in [0.2, 0.25) is 0 Å². The van der Waals surface area contributed by atoms with Gasteiger partial charge in [-0.15, -0.1) is 0 Å². The van der Waals surface area contributed by atoms with Crippen molar-refractivity contribution in [2.24, 2.45) is 7.05 Å². The maximum Gasteiger partial charge on any atom is 0.253 e. The van der Waals surface area contributed by atoms with Gasteiger partial charge in [0.15, 0.2) is 0 Å². The van der Waals surface area contributed by atoms with E-state index >= 15 is 0 Å². The number of hydrogen-bond donors (Lipinski definition) is 2. The Labute approximate surface area is 231 Å². The fourth-order valence-corrected chi connectivity index (χ4v) is 5.68. The van der Waals surface area contributed by atoms with Gasteiger partial charge < -0.3 is 19.7 Å². The van der Waals surface area contributed by atoms with Crippen molar-refractivity contribution < 1.29 is 0 Å². The minimum atomic E-state index is 0.0403. The summed E-state index contributed by atoms with van der Waals surface area (Å²) >= 11 is 0. The molecule has 2 aliphatic heterocycles. The van der Waals surface area contributed by atoms with Gasteiger partial charge in [-0.25, -0.2) is 9.97 Å². The fourth-order valence-electron chi connectivity index (χ4n) is 5.68. The van der Waals surface area contributed by atoms with Crippen LogP contribution in [-0.2, 0) is 7.05 Å². The van der Waals surface area contributed by atoms with Gasteiger partial charge in [0.25, 0.3) is 5.56 Å². The number of piperazine rings is 1. The molecule has 2 N–H and O–H groups in total. The molecule has 2 saturated heterocycles. The van der Waals surface area contributed by atoms with Gasteiger partial charge in [-0.2, -0.15) is 0 Å². The van der Waals surface area contributed by atoms with Crippen molar-refractivity contribution >= 4 is 17.3 Å². The second-order valence-corrected chi connectivity index (χ2v) is 11.0. The number of hydrogen-bond acceptors (Lipinski definition) is 8. The number of anilines is 3. The highest BCUT2D eigenvalue weighted by molar-refractivity contribution is 5.68. The highest BCUT2D eigenvalue weighted by Crippen LogP contribution is 2.31. The van der Waals surface area contributed by atoms with Gasteiger partial charge in [0.05, 0.1) is 24.2 Å². The Morgan fingerprint density at radius 2 is 1.92 bits per heavy atom. The van der Waals surface area contributed by atoms with Crippen LogP contribution in [0, 0.1) is 6.92 Å². The van der Waals surface area contributed by atoms with Gasteiger partial charge in [0.1, 0.15) is 11.6 Å². The molecular formula is C30H42N8O. The second-order valence-electron chi connectivity index (χ2n) is 11.0. The molecule has 39 heavy (non-hydrogen) atoms. The number of aryl methyl sites for hydroxylation is 2. The first kappa shape index (κ1) is 27.1. The van der Waals surface area contributed by atoms with E-state index in [1.165, 1.54) is 0 Å². The van der Waals surface area contributed by atoms with Crippen LogP contribution in [0.1, 0.15) is 37.9 Å². The van der Waals surface area contributed by atoms with Gasteiger partial charge in [-0.05, 0) is 49.7 Å². The fraction of sp³-hybridized carbons (Fsp3) is 0.500. The van der Waals surface area contributed by atoms with E-state index < -0.39 is 0 Å². The van der Waals surface area contributed by atoms with Gasteiger partial charge >= 0.3 is 0 Å². The van der Waals surface area contributed by atoms with Crippen LogP contribution in [0.15, 0.2) is 47.5 Å². The van der Waals surface area contributed by atoms with Crippen LogP contribution in [0.4, 0.5) is 17.3 Å². The lowest BCUT2D eigenvalue weighted by Gasteiger charge is -2.42. The average Bonchev–Trinajstić information content (AvgIpc) is 3.49. The van der Waals surface area contributed by atoms with Gasteiger partial charge in [0, 0.05) is 75.2 Å². The lowest BCUT2D eigenvalue weighted by molar-refractivity contribution is 0.193. The summed E-state index contributed by atoms with van der Waals surface area (Å²) in [4.78, 5) is 29.3. The number of likely N-dealkylation sites (N-methyl/N-ethyl adjacent to an activating group) is 1. The zero-order valence-electron chi connectivity index (χ0n) is 23.9. The summed E-state index contributed by atoms with van der Waals surface area (Å²) in [6.45, 7) is 16.1. The SMILES string of the molecule is CCN1CCN(c2ccc(-c3cc(C)c(=O)n(C)c3)c(C(C)C)n2)CC1CNc1ccc(N2CCNC2)nc1. The number of nitrogens with zero attached hydrogens (tertiary/aromatic N) is 6. The van der Waals surface area contributed by atoms with E-state index in [-0.39, 0.29) is 11.5 Å². The normalized spacial score (nSPS) is 18.3. The van der Waals surface area contributed by atoms with Crippen molar-refractivity contribution in [3.8, 4) is 11.1 Å². The Morgan fingerprint density at radius 3 is 2.59 bits per heavy atom. The minimum Gasteiger partial charge on any atom is -0.382 e. The molecule has 3 aromatic heterocycles. The molecule has 1 atom stereocenters. The molecule has 2 fully saturated rings. The van der Waals surface area contributed by atoms with E-state index in [1.807, 2.05) is 32.4 Å². The molecule has 5 heterocycles. The Bertz CT molecular complexity index is 1300. The molecule has 1 unspecified atom stereocenters. The molecular weight excluding hydrogens is 488 g/mol. The van der Waals surface area contributed by atoms with E-state index in [0.29, 0.717) is 6.04 Å². The summed E-state index contributed by atoms with van der Waals surface area (Å²) < 4.78 is 1.66. The number of aromatic nitrogens is 3. The number of pyridine rings is 3. The molecule has 9 nitrogen and oxygen atoms in total. The number of nitrogens with one attached hydrogen (secondary N) is 2. The van der Waals surface area contributed by atoms with Crippen LogP contribution in [-0.4, -0.2) is 78.0 Å². The van der Waals surface area contributed by atoms with Crippen molar-refractivity contribution in [3.63, 3.8) is 0 Å². The quantitative estimate of drug-likeness (QED) is 0.459. The second kappa shape index (κ2) is 11.8. The average molecular weight is 531 g/mol. The minimum absolute atomic E-state index is 0.0403. The first-order valence-electron chi connectivity index (χ1n) is 14.2. The highest BCUT2D eigenvalue weighted by Gasteiger charge is 2.27. The summed E-state index contributed by atoms with van der Waals surface area (Å²) in [6, 6.07) is 10.9. The molecule has 5 rings (SSSR count). The first-order valence-corrected chi connectivity index (χ1v) is 14.2. The van der Waals surface area contributed by atoms with Crippen LogP contribution in [0.5, 0.6) is 0 Å². The Morgan fingerprint density at radius 1 is 1.10 bits per heavy atom. The molecule has 0 amide bonds. The largest absolute Gasteiger partial charge is 0.382 e. The summed E-state index contributed by atoms with van der Waals surface area (Å²) in [6.07, 6.45) is 3.86. The molecule has 3 aromatic rings. The molecule has 0 spiro atoms. The maximum absolute atomic E-state index is 12.3. The molecule has 9 heteroatoms. The maximum atomic E-state index is 12.3. The highest BCUT2D eigenvalue weighted by atomic mass is 16.1. The topological polar surface area (TPSA) is 81.6 Å². The van der Waals surface area contributed by atoms with Crippen LogP contribution >= 0.6 is 0 Å². The predicted molar refractivity (Wildman–Crippen MR) is 160 cm³/mol. The monoisotopic (exact) mass is 530 g/mol. The third-order valence-corrected chi connectivity index (χ3v) is 7.94. The molecule has 2 aliphatic rings. The zero-order valence-corrected chi connectivity index (χ0v) is 23.9. The van der Waals surface area contributed by atoms with Crippen LogP contribution < -0.4 is 26.0 Å². The van der Waals surface area contributed by atoms with Crippen molar-refractivity contribution in [2.75, 3.05) is 67.6 Å². The van der Waals surface area contributed by atoms with Crippen LogP contribution in [0.2, 0.25) is 0 Å². The van der Waals surface area contributed by atoms with Crippen molar-refractivity contribution in [3.05, 3.63) is 64.3 Å². The first-order chi connectivity index (χ1) is 18.8. The Balaban J connectivity index is 1.31. The number of rotatable bonds is 8. The van der Waals surface area contributed by atoms with Crippen LogP contribution in [0.3, 0.4) is 0 Å². The summed E-state index contributed by atoms with van der Waals surface area (Å²) in [5.41, 5.74) is 5.04. The summed E-state index contributed by atoms with van der Waals surface area (Å²) in [5.74, 6) is 2.31. The third-order valence-electron chi connectivity index (χ3n) is 7.94. The van der Waals surface area contributed by atoms with Crippen molar-refractivity contribution in [2.45, 2.75) is 39.7 Å². The lowest BCUT2D eigenvalue weighted by Crippen LogP contribution is -2.55. The van der Waals surface area contributed by atoms with Crippen molar-refractivity contribution in [1.29, 1.82) is 0 Å². The van der Waals surface area contributed by atoms with Crippen LogP contribution in [0.25, 0.3) is 11.1 Å². The van der Waals surface area contributed by atoms with E-state index in [1.54, 1.807) is 4.57 Å². The van der Waals surface area contributed by atoms with E-state index in [0.717, 1.165) is 92.2 Å².